The van der Waals surface area contributed by atoms with Crippen molar-refractivity contribution in [1.82, 2.24) is 10.2 Å². The van der Waals surface area contributed by atoms with Gasteiger partial charge in [-0.3, -0.25) is 9.69 Å². The van der Waals surface area contributed by atoms with E-state index in [9.17, 15) is 4.79 Å². The predicted molar refractivity (Wildman–Crippen MR) is 104 cm³/mol. The number of carbonyl (C=O) groups excluding carboxylic acids is 1. The number of furan rings is 1. The number of nitrogens with zero attached hydrogens (tertiary/aromatic N) is 1. The van der Waals surface area contributed by atoms with Gasteiger partial charge in [0, 0.05) is 23.3 Å². The molecule has 134 valence electrons. The molecule has 1 unspecified atom stereocenters. The summed E-state index contributed by atoms with van der Waals surface area (Å²) in [4.78, 5) is 14.2. The zero-order valence-corrected chi connectivity index (χ0v) is 15.5. The molecule has 1 N–H and O–H groups in total. The topological polar surface area (TPSA) is 54.7 Å². The van der Waals surface area contributed by atoms with Gasteiger partial charge < -0.3 is 14.5 Å². The Bertz CT molecular complexity index is 886. The monoisotopic (exact) mass is 388 g/mol. The molecule has 2 aliphatic rings. The van der Waals surface area contributed by atoms with Crippen LogP contribution in [0.4, 0.5) is 0 Å². The lowest BCUT2D eigenvalue weighted by atomic mass is 10.2. The first-order valence-electron chi connectivity index (χ1n) is 8.42. The van der Waals surface area contributed by atoms with Gasteiger partial charge in [0.25, 0.3) is 5.91 Å². The summed E-state index contributed by atoms with van der Waals surface area (Å²) in [6.45, 7) is 1.22. The second kappa shape index (κ2) is 7.23. The second-order valence-corrected chi connectivity index (χ2v) is 7.07. The quantitative estimate of drug-likeness (QED) is 0.637. The SMILES string of the molecule is O=C1/C(=C\c2ccc(-c3cccc(Cl)c3)o2)NC(=S)N1CC1CCCO1. The third-order valence-corrected chi connectivity index (χ3v) is 4.95. The van der Waals surface area contributed by atoms with Crippen molar-refractivity contribution in [1.29, 1.82) is 0 Å². The van der Waals surface area contributed by atoms with E-state index in [1.807, 2.05) is 36.4 Å². The largest absolute Gasteiger partial charge is 0.457 e. The van der Waals surface area contributed by atoms with E-state index in [1.165, 1.54) is 0 Å². The predicted octanol–water partition coefficient (Wildman–Crippen LogP) is 3.84. The standard InChI is InChI=1S/C19H17ClN2O3S/c20-13-4-1-3-12(9-13)17-7-6-14(25-17)10-16-18(23)22(19(26)21-16)11-15-5-2-8-24-15/h1,3-4,6-7,9-10,15H,2,5,8,11H2,(H,21,26)/b16-10+. The van der Waals surface area contributed by atoms with Gasteiger partial charge in [0.05, 0.1) is 12.6 Å². The van der Waals surface area contributed by atoms with E-state index in [0.29, 0.717) is 33.9 Å². The molecule has 2 fully saturated rings. The van der Waals surface area contributed by atoms with Crippen molar-refractivity contribution in [3.63, 3.8) is 0 Å². The van der Waals surface area contributed by atoms with Crippen LogP contribution in [0.3, 0.4) is 0 Å². The maximum Gasteiger partial charge on any atom is 0.276 e. The Labute approximate surface area is 161 Å². The Morgan fingerprint density at radius 1 is 1.35 bits per heavy atom. The highest BCUT2D eigenvalue weighted by atomic mass is 35.5. The highest BCUT2D eigenvalue weighted by molar-refractivity contribution is 7.80. The summed E-state index contributed by atoms with van der Waals surface area (Å²) < 4.78 is 11.4. The van der Waals surface area contributed by atoms with Gasteiger partial charge in [-0.2, -0.15) is 0 Å². The molecule has 0 saturated carbocycles. The minimum Gasteiger partial charge on any atom is -0.457 e. The molecule has 0 bridgehead atoms. The molecule has 2 saturated heterocycles. The van der Waals surface area contributed by atoms with Gasteiger partial charge in [-0.1, -0.05) is 23.7 Å². The van der Waals surface area contributed by atoms with E-state index < -0.39 is 0 Å². The maximum atomic E-state index is 12.6. The first-order valence-corrected chi connectivity index (χ1v) is 9.21. The Kier molecular flexibility index (Phi) is 4.80. The summed E-state index contributed by atoms with van der Waals surface area (Å²) >= 11 is 11.3. The molecular formula is C19H17ClN2O3S. The molecule has 0 aliphatic carbocycles. The van der Waals surface area contributed by atoms with E-state index in [0.717, 1.165) is 25.0 Å². The molecule has 5 nitrogen and oxygen atoms in total. The number of thiocarbonyl (C=S) groups is 1. The number of ether oxygens (including phenoxy) is 1. The van der Waals surface area contributed by atoms with Crippen LogP contribution in [-0.4, -0.2) is 35.2 Å². The van der Waals surface area contributed by atoms with Crippen molar-refractivity contribution in [2.24, 2.45) is 0 Å². The fraction of sp³-hybridized carbons (Fsp3) is 0.263. The van der Waals surface area contributed by atoms with E-state index in [4.69, 9.17) is 33.0 Å². The highest BCUT2D eigenvalue weighted by Gasteiger charge is 2.33. The van der Waals surface area contributed by atoms with Gasteiger partial charge >= 0.3 is 0 Å². The van der Waals surface area contributed by atoms with E-state index in [1.54, 1.807) is 11.0 Å². The number of amides is 1. The second-order valence-electron chi connectivity index (χ2n) is 6.25. The van der Waals surface area contributed by atoms with Crippen LogP contribution in [0.25, 0.3) is 17.4 Å². The maximum absolute atomic E-state index is 12.6. The summed E-state index contributed by atoms with van der Waals surface area (Å²) in [5.74, 6) is 1.09. The highest BCUT2D eigenvalue weighted by Crippen LogP contribution is 2.26. The molecule has 0 radical (unpaired) electrons. The molecule has 1 amide bonds. The smallest absolute Gasteiger partial charge is 0.276 e. The third-order valence-electron chi connectivity index (χ3n) is 4.40. The number of nitrogens with one attached hydrogen (secondary N) is 1. The third kappa shape index (κ3) is 3.53. The van der Waals surface area contributed by atoms with Crippen LogP contribution in [0, 0.1) is 0 Å². The zero-order valence-electron chi connectivity index (χ0n) is 13.9. The van der Waals surface area contributed by atoms with Gasteiger partial charge in [-0.25, -0.2) is 0 Å². The van der Waals surface area contributed by atoms with Gasteiger partial charge in [0.2, 0.25) is 0 Å². The van der Waals surface area contributed by atoms with Crippen LogP contribution in [0.5, 0.6) is 0 Å². The summed E-state index contributed by atoms with van der Waals surface area (Å²) in [6.07, 6.45) is 3.69. The fourth-order valence-corrected chi connectivity index (χ4v) is 3.56. The van der Waals surface area contributed by atoms with Crippen molar-refractivity contribution in [3.8, 4) is 11.3 Å². The molecule has 0 spiro atoms. The number of hydrogen-bond acceptors (Lipinski definition) is 4. The molecule has 1 aromatic heterocycles. The molecule has 2 aliphatic heterocycles. The molecule has 1 atom stereocenters. The van der Waals surface area contributed by atoms with Crippen LogP contribution in [0.1, 0.15) is 18.6 Å². The van der Waals surface area contributed by atoms with Crippen LogP contribution in [0.2, 0.25) is 5.02 Å². The molecule has 4 rings (SSSR count). The van der Waals surface area contributed by atoms with Crippen molar-refractivity contribution in [2.75, 3.05) is 13.2 Å². The normalized spacial score (nSPS) is 21.7. The molecular weight excluding hydrogens is 372 g/mol. The van der Waals surface area contributed by atoms with E-state index in [-0.39, 0.29) is 12.0 Å². The lowest BCUT2D eigenvalue weighted by molar-refractivity contribution is -0.123. The zero-order chi connectivity index (χ0) is 18.1. The number of carbonyl (C=O) groups is 1. The van der Waals surface area contributed by atoms with Gasteiger partial charge in [-0.05, 0) is 49.3 Å². The minimum absolute atomic E-state index is 0.0519. The number of rotatable bonds is 4. The van der Waals surface area contributed by atoms with Crippen molar-refractivity contribution in [3.05, 3.63) is 52.9 Å². The van der Waals surface area contributed by atoms with Crippen molar-refractivity contribution >= 4 is 40.9 Å². The van der Waals surface area contributed by atoms with Gasteiger partial charge in [0.1, 0.15) is 17.2 Å². The summed E-state index contributed by atoms with van der Waals surface area (Å²) in [5.41, 5.74) is 1.28. The van der Waals surface area contributed by atoms with E-state index >= 15 is 0 Å². The Balaban J connectivity index is 1.51. The average Bonchev–Trinajstić information content (AvgIpc) is 3.34. The summed E-state index contributed by atoms with van der Waals surface area (Å²) in [7, 11) is 0. The summed E-state index contributed by atoms with van der Waals surface area (Å²) in [5, 5.41) is 4.01. The van der Waals surface area contributed by atoms with Gasteiger partial charge in [0.15, 0.2) is 5.11 Å². The van der Waals surface area contributed by atoms with Crippen LogP contribution < -0.4 is 5.32 Å². The molecule has 2 aromatic rings. The molecule has 3 heterocycles. The van der Waals surface area contributed by atoms with Crippen LogP contribution >= 0.6 is 23.8 Å². The lowest BCUT2D eigenvalue weighted by Crippen LogP contribution is -2.37. The first kappa shape index (κ1) is 17.3. The fourth-order valence-electron chi connectivity index (χ4n) is 3.10. The Morgan fingerprint density at radius 2 is 2.23 bits per heavy atom. The number of halogens is 1. The number of benzene rings is 1. The molecule has 7 heteroatoms. The first-order chi connectivity index (χ1) is 12.6. The van der Waals surface area contributed by atoms with E-state index in [2.05, 4.69) is 5.32 Å². The van der Waals surface area contributed by atoms with Crippen molar-refractivity contribution < 1.29 is 13.9 Å². The molecule has 26 heavy (non-hydrogen) atoms. The van der Waals surface area contributed by atoms with Gasteiger partial charge in [-0.15, -0.1) is 0 Å². The Morgan fingerprint density at radius 3 is 3.00 bits per heavy atom. The van der Waals surface area contributed by atoms with Crippen LogP contribution in [-0.2, 0) is 9.53 Å². The minimum atomic E-state index is -0.161. The Hall–Kier alpha value is -2.15. The molecule has 1 aromatic carbocycles. The average molecular weight is 389 g/mol. The van der Waals surface area contributed by atoms with Crippen molar-refractivity contribution in [2.45, 2.75) is 18.9 Å². The number of hydrogen-bond donors (Lipinski definition) is 1. The summed E-state index contributed by atoms with van der Waals surface area (Å²) in [6, 6.07) is 11.1. The van der Waals surface area contributed by atoms with Crippen LogP contribution in [0.15, 0.2) is 46.5 Å². The lowest BCUT2D eigenvalue weighted by Gasteiger charge is -2.18.